The van der Waals surface area contributed by atoms with Crippen LogP contribution >= 0.6 is 0 Å². The lowest BCUT2D eigenvalue weighted by atomic mass is 9.96. The minimum atomic E-state index is -3.52. The fourth-order valence-corrected chi connectivity index (χ4v) is 5.87. The minimum Gasteiger partial charge on any atom is -0.342 e. The molecular formula is C22H28N2O3S. The molecule has 0 saturated carbocycles. The summed E-state index contributed by atoms with van der Waals surface area (Å²) in [6.07, 6.45) is 5.80. The highest BCUT2D eigenvalue weighted by atomic mass is 32.2. The lowest BCUT2D eigenvalue weighted by Crippen LogP contribution is -2.44. The van der Waals surface area contributed by atoms with E-state index in [1.807, 2.05) is 35.2 Å². The highest BCUT2D eigenvalue weighted by Gasteiger charge is 2.34. The van der Waals surface area contributed by atoms with Gasteiger partial charge in [0.15, 0.2) is 0 Å². The van der Waals surface area contributed by atoms with Crippen LogP contribution in [0.4, 0.5) is 0 Å². The van der Waals surface area contributed by atoms with Crippen LogP contribution in [0.1, 0.15) is 38.5 Å². The Morgan fingerprint density at radius 3 is 2.14 bits per heavy atom. The van der Waals surface area contributed by atoms with Crippen LogP contribution in [-0.2, 0) is 14.8 Å². The zero-order chi connectivity index (χ0) is 19.6. The molecule has 6 heteroatoms. The molecule has 0 bridgehead atoms. The number of benzene rings is 2. The number of likely N-dealkylation sites (tertiary alicyclic amines) is 1. The fourth-order valence-electron chi connectivity index (χ4n) is 4.37. The first-order valence-corrected chi connectivity index (χ1v) is 11.8. The van der Waals surface area contributed by atoms with Gasteiger partial charge in [-0.1, -0.05) is 43.2 Å². The highest BCUT2D eigenvalue weighted by Crippen LogP contribution is 2.27. The number of rotatable bonds is 3. The van der Waals surface area contributed by atoms with E-state index in [1.165, 1.54) is 12.8 Å². The largest absolute Gasteiger partial charge is 0.342 e. The van der Waals surface area contributed by atoms with Crippen LogP contribution in [0.15, 0.2) is 47.4 Å². The van der Waals surface area contributed by atoms with E-state index in [2.05, 4.69) is 0 Å². The molecule has 0 aromatic heterocycles. The maximum Gasteiger partial charge on any atom is 0.243 e. The number of sulfonamides is 1. The van der Waals surface area contributed by atoms with E-state index in [4.69, 9.17) is 0 Å². The number of nitrogens with zero attached hydrogens (tertiary/aromatic N) is 2. The molecule has 0 unspecified atom stereocenters. The molecule has 0 N–H and O–H groups in total. The zero-order valence-electron chi connectivity index (χ0n) is 16.2. The van der Waals surface area contributed by atoms with Crippen LogP contribution in [0.3, 0.4) is 0 Å². The fraction of sp³-hybridized carbons (Fsp3) is 0.500. The smallest absolute Gasteiger partial charge is 0.243 e. The second-order valence-electron chi connectivity index (χ2n) is 7.93. The van der Waals surface area contributed by atoms with Gasteiger partial charge in [0, 0.05) is 32.1 Å². The Balaban J connectivity index is 1.43. The van der Waals surface area contributed by atoms with Crippen LogP contribution in [-0.4, -0.2) is 49.7 Å². The molecule has 2 aromatic carbocycles. The number of hydrogen-bond acceptors (Lipinski definition) is 3. The van der Waals surface area contributed by atoms with Crippen molar-refractivity contribution in [3.8, 4) is 0 Å². The summed E-state index contributed by atoms with van der Waals surface area (Å²) in [5, 5.41) is 1.96. The lowest BCUT2D eigenvalue weighted by molar-refractivity contribution is -0.136. The number of amides is 1. The molecule has 2 saturated heterocycles. The van der Waals surface area contributed by atoms with Crippen molar-refractivity contribution >= 4 is 26.7 Å². The predicted molar refractivity (Wildman–Crippen MR) is 110 cm³/mol. The maximum atomic E-state index is 13.1. The third-order valence-corrected chi connectivity index (χ3v) is 7.97. The third-order valence-electron chi connectivity index (χ3n) is 6.08. The van der Waals surface area contributed by atoms with Gasteiger partial charge in [-0.15, -0.1) is 0 Å². The number of carbonyl (C=O) groups is 1. The van der Waals surface area contributed by atoms with Crippen LogP contribution in [0.5, 0.6) is 0 Å². The summed E-state index contributed by atoms with van der Waals surface area (Å²) in [6.45, 7) is 2.54. The molecule has 2 aliphatic rings. The number of fused-ring (bicyclic) bond motifs is 1. The maximum absolute atomic E-state index is 13.1. The van der Waals surface area contributed by atoms with Gasteiger partial charge in [-0.25, -0.2) is 8.42 Å². The summed E-state index contributed by atoms with van der Waals surface area (Å²) >= 11 is 0. The number of carbonyl (C=O) groups excluding carboxylic acids is 1. The van der Waals surface area contributed by atoms with Crippen molar-refractivity contribution in [2.75, 3.05) is 26.2 Å². The van der Waals surface area contributed by atoms with Crippen molar-refractivity contribution in [3.63, 3.8) is 0 Å². The predicted octanol–water partition coefficient (Wildman–Crippen LogP) is 3.64. The third kappa shape index (κ3) is 3.94. The molecule has 28 heavy (non-hydrogen) atoms. The molecule has 2 fully saturated rings. The van der Waals surface area contributed by atoms with Gasteiger partial charge in [-0.05, 0) is 48.6 Å². The van der Waals surface area contributed by atoms with Crippen LogP contribution < -0.4 is 0 Å². The Bertz CT molecular complexity index is 941. The Kier molecular flexibility index (Phi) is 5.69. The van der Waals surface area contributed by atoms with E-state index in [1.54, 1.807) is 16.4 Å². The van der Waals surface area contributed by atoms with Crippen molar-refractivity contribution in [2.45, 2.75) is 43.4 Å². The van der Waals surface area contributed by atoms with Crippen molar-refractivity contribution in [3.05, 3.63) is 42.5 Å². The van der Waals surface area contributed by atoms with Gasteiger partial charge in [0.25, 0.3) is 0 Å². The van der Waals surface area contributed by atoms with Gasteiger partial charge >= 0.3 is 0 Å². The minimum absolute atomic E-state index is 0.0406. The molecule has 0 atom stereocenters. The summed E-state index contributed by atoms with van der Waals surface area (Å²) in [5.41, 5.74) is 0. The molecule has 0 radical (unpaired) electrons. The molecule has 5 nitrogen and oxygen atoms in total. The quantitative estimate of drug-likeness (QED) is 0.790. The van der Waals surface area contributed by atoms with Crippen molar-refractivity contribution < 1.29 is 13.2 Å². The van der Waals surface area contributed by atoms with E-state index in [0.717, 1.165) is 36.7 Å². The van der Waals surface area contributed by atoms with Gasteiger partial charge in [0.1, 0.15) is 0 Å². The van der Waals surface area contributed by atoms with Gasteiger partial charge in [-0.2, -0.15) is 4.31 Å². The van der Waals surface area contributed by atoms with E-state index >= 15 is 0 Å². The molecule has 2 aromatic rings. The van der Waals surface area contributed by atoms with E-state index in [0.29, 0.717) is 30.8 Å². The molecule has 0 spiro atoms. The van der Waals surface area contributed by atoms with Crippen molar-refractivity contribution in [2.24, 2.45) is 5.92 Å². The first-order valence-electron chi connectivity index (χ1n) is 10.3. The van der Waals surface area contributed by atoms with Gasteiger partial charge in [0.2, 0.25) is 15.9 Å². The van der Waals surface area contributed by atoms with E-state index < -0.39 is 10.0 Å². The summed E-state index contributed by atoms with van der Waals surface area (Å²) in [6, 6.07) is 13.1. The average Bonchev–Trinajstić information content (AvgIpc) is 3.02. The molecule has 4 rings (SSSR count). The normalized spacial score (nSPS) is 20.2. The van der Waals surface area contributed by atoms with Crippen LogP contribution in [0.25, 0.3) is 10.8 Å². The second kappa shape index (κ2) is 8.21. The van der Waals surface area contributed by atoms with Gasteiger partial charge in [0.05, 0.1) is 4.90 Å². The SMILES string of the molecule is O=C(C1CCN(S(=O)(=O)c2ccc3ccccc3c2)CC1)N1CCCCCC1. The zero-order valence-corrected chi connectivity index (χ0v) is 17.0. The van der Waals surface area contributed by atoms with E-state index in [-0.39, 0.29) is 11.8 Å². The van der Waals surface area contributed by atoms with Crippen LogP contribution in [0, 0.1) is 5.92 Å². The highest BCUT2D eigenvalue weighted by molar-refractivity contribution is 7.89. The molecule has 2 heterocycles. The summed E-state index contributed by atoms with van der Waals surface area (Å²) in [5.74, 6) is 0.186. The molecule has 2 aliphatic heterocycles. The summed E-state index contributed by atoms with van der Waals surface area (Å²) in [7, 11) is -3.52. The second-order valence-corrected chi connectivity index (χ2v) is 9.86. The van der Waals surface area contributed by atoms with Crippen molar-refractivity contribution in [1.82, 2.24) is 9.21 Å². The van der Waals surface area contributed by atoms with Crippen molar-refractivity contribution in [1.29, 1.82) is 0 Å². The Morgan fingerprint density at radius 1 is 0.821 bits per heavy atom. The molecular weight excluding hydrogens is 372 g/mol. The number of piperidine rings is 1. The monoisotopic (exact) mass is 400 g/mol. The van der Waals surface area contributed by atoms with E-state index in [9.17, 15) is 13.2 Å². The molecule has 150 valence electrons. The number of hydrogen-bond donors (Lipinski definition) is 0. The molecule has 0 aliphatic carbocycles. The topological polar surface area (TPSA) is 57.7 Å². The van der Waals surface area contributed by atoms with Gasteiger partial charge < -0.3 is 4.90 Å². The van der Waals surface area contributed by atoms with Gasteiger partial charge in [-0.3, -0.25) is 4.79 Å². The average molecular weight is 401 g/mol. The summed E-state index contributed by atoms with van der Waals surface area (Å²) in [4.78, 5) is 15.2. The van der Waals surface area contributed by atoms with Crippen LogP contribution in [0.2, 0.25) is 0 Å². The Labute approximate surface area is 167 Å². The first-order chi connectivity index (χ1) is 13.6. The standard InChI is InChI=1S/C22H28N2O3S/c25-22(23-13-5-1-2-6-14-23)19-11-15-24(16-12-19)28(26,27)21-10-9-18-7-3-4-8-20(18)17-21/h3-4,7-10,17,19H,1-2,5-6,11-16H2. The first kappa shape index (κ1) is 19.4. The Morgan fingerprint density at radius 2 is 1.46 bits per heavy atom. The lowest BCUT2D eigenvalue weighted by Gasteiger charge is -2.33. The Hall–Kier alpha value is -1.92. The summed E-state index contributed by atoms with van der Waals surface area (Å²) < 4.78 is 27.7. The molecule has 1 amide bonds.